The number of nitrogens with zero attached hydrogens (tertiary/aromatic N) is 2. The van der Waals surface area contributed by atoms with Crippen LogP contribution in [-0.4, -0.2) is 54.9 Å². The molecule has 1 unspecified atom stereocenters. The Balaban J connectivity index is 1.66. The van der Waals surface area contributed by atoms with Crippen molar-refractivity contribution in [2.24, 2.45) is 11.8 Å². The summed E-state index contributed by atoms with van der Waals surface area (Å²) in [5.41, 5.74) is 1.14. The number of amides is 1. The number of rotatable bonds is 7. The Morgan fingerprint density at radius 3 is 2.83 bits per heavy atom. The molecule has 3 rings (SSSR count). The van der Waals surface area contributed by atoms with E-state index in [1.165, 1.54) is 12.8 Å². The minimum atomic E-state index is -2.99. The Hall–Kier alpha value is -1.34. The van der Waals surface area contributed by atoms with Gasteiger partial charge in [-0.1, -0.05) is 6.92 Å². The number of aromatic nitrogens is 1. The van der Waals surface area contributed by atoms with Crippen molar-refractivity contribution < 1.29 is 13.2 Å². The number of nitrogens with one attached hydrogen (secondary N) is 1. The largest absolute Gasteiger partial charge is 0.355 e. The van der Waals surface area contributed by atoms with Crippen molar-refractivity contribution in [2.45, 2.75) is 32.9 Å². The highest BCUT2D eigenvalue weighted by Gasteiger charge is 2.29. The third kappa shape index (κ3) is 4.60. The molecule has 7 heteroatoms. The Labute approximate surface area is 144 Å². The molecular formula is C17H27N3O3S. The Kier molecular flexibility index (Phi) is 5.30. The molecule has 0 spiro atoms. The summed E-state index contributed by atoms with van der Waals surface area (Å²) in [6.45, 7) is 4.90. The molecule has 24 heavy (non-hydrogen) atoms. The van der Waals surface area contributed by atoms with E-state index in [0.717, 1.165) is 12.2 Å². The first-order valence-electron chi connectivity index (χ1n) is 8.81. The monoisotopic (exact) mass is 353 g/mol. The van der Waals surface area contributed by atoms with E-state index in [1.807, 2.05) is 18.3 Å². The van der Waals surface area contributed by atoms with Crippen LogP contribution in [0.1, 0.15) is 25.5 Å². The highest BCUT2D eigenvalue weighted by molar-refractivity contribution is 7.91. The van der Waals surface area contributed by atoms with Crippen LogP contribution in [0.4, 0.5) is 0 Å². The highest BCUT2D eigenvalue weighted by Crippen LogP contribution is 2.27. The summed E-state index contributed by atoms with van der Waals surface area (Å²) >= 11 is 0. The van der Waals surface area contributed by atoms with Gasteiger partial charge in [0.15, 0.2) is 9.84 Å². The van der Waals surface area contributed by atoms with Gasteiger partial charge in [-0.2, -0.15) is 0 Å². The second-order valence-corrected chi connectivity index (χ2v) is 9.48. The van der Waals surface area contributed by atoms with Gasteiger partial charge in [0.25, 0.3) is 0 Å². The number of hydrogen-bond acceptors (Lipinski definition) is 4. The molecule has 0 radical (unpaired) electrons. The van der Waals surface area contributed by atoms with Crippen molar-refractivity contribution >= 4 is 15.7 Å². The van der Waals surface area contributed by atoms with E-state index >= 15 is 0 Å². The van der Waals surface area contributed by atoms with E-state index in [4.69, 9.17) is 0 Å². The van der Waals surface area contributed by atoms with Crippen LogP contribution in [0.5, 0.6) is 0 Å². The van der Waals surface area contributed by atoms with E-state index in [-0.39, 0.29) is 23.3 Å². The fraction of sp³-hybridized carbons (Fsp3) is 0.706. The van der Waals surface area contributed by atoms with Crippen molar-refractivity contribution in [1.29, 1.82) is 0 Å². The number of fused-ring (bicyclic) bond motifs is 1. The molecule has 1 atom stereocenters. The minimum absolute atomic E-state index is 0.0896. The molecule has 134 valence electrons. The molecule has 1 aromatic heterocycles. The van der Waals surface area contributed by atoms with Crippen LogP contribution < -0.4 is 5.32 Å². The normalized spacial score (nSPS) is 22.0. The minimum Gasteiger partial charge on any atom is -0.355 e. The zero-order chi connectivity index (χ0) is 17.2. The predicted molar refractivity (Wildman–Crippen MR) is 93.3 cm³/mol. The Morgan fingerprint density at radius 1 is 1.33 bits per heavy atom. The van der Waals surface area contributed by atoms with Gasteiger partial charge < -0.3 is 9.88 Å². The van der Waals surface area contributed by atoms with Crippen LogP contribution in [-0.2, 0) is 27.7 Å². The van der Waals surface area contributed by atoms with Gasteiger partial charge in [-0.05, 0) is 30.9 Å². The highest BCUT2D eigenvalue weighted by atomic mass is 32.2. The molecule has 1 aliphatic carbocycles. The third-order valence-electron chi connectivity index (χ3n) is 5.00. The number of sulfone groups is 1. The van der Waals surface area contributed by atoms with Gasteiger partial charge in [0.05, 0.1) is 11.7 Å². The van der Waals surface area contributed by atoms with E-state index < -0.39 is 9.84 Å². The third-order valence-corrected chi connectivity index (χ3v) is 6.68. The first-order valence-corrected chi connectivity index (χ1v) is 10.6. The summed E-state index contributed by atoms with van der Waals surface area (Å²) in [7, 11) is -2.99. The molecule has 1 saturated carbocycles. The molecule has 1 N–H and O–H groups in total. The molecule has 1 fully saturated rings. The van der Waals surface area contributed by atoms with Gasteiger partial charge in [0.2, 0.25) is 5.91 Å². The van der Waals surface area contributed by atoms with E-state index in [0.29, 0.717) is 32.1 Å². The van der Waals surface area contributed by atoms with Crippen molar-refractivity contribution in [1.82, 2.24) is 14.8 Å². The molecule has 0 bridgehead atoms. The van der Waals surface area contributed by atoms with Crippen LogP contribution in [0.15, 0.2) is 18.3 Å². The maximum absolute atomic E-state index is 12.5. The number of carbonyl (C=O) groups excluding carboxylic acids is 1. The lowest BCUT2D eigenvalue weighted by Crippen LogP contribution is -2.40. The number of carbonyl (C=O) groups is 1. The predicted octanol–water partition coefficient (Wildman–Crippen LogP) is 0.881. The summed E-state index contributed by atoms with van der Waals surface area (Å²) in [4.78, 5) is 14.7. The summed E-state index contributed by atoms with van der Waals surface area (Å²) in [5, 5.41) is 3.07. The van der Waals surface area contributed by atoms with Crippen LogP contribution in [0, 0.1) is 11.8 Å². The molecule has 1 amide bonds. The Morgan fingerprint density at radius 2 is 2.12 bits per heavy atom. The van der Waals surface area contributed by atoms with E-state index in [9.17, 15) is 13.2 Å². The second kappa shape index (κ2) is 7.27. The van der Waals surface area contributed by atoms with Crippen LogP contribution >= 0.6 is 0 Å². The standard InChI is InChI=1S/C17H27N3O3S/c1-2-24(22,23)9-8-19-11-15(17(21)18-10-14-5-6-14)12-20-7-3-4-16(20)13-19/h3-4,7,14-15H,2,5-6,8-13H2,1H3,(H,18,21). The van der Waals surface area contributed by atoms with Crippen LogP contribution in [0.25, 0.3) is 0 Å². The lowest BCUT2D eigenvalue weighted by atomic mass is 10.1. The zero-order valence-electron chi connectivity index (χ0n) is 14.3. The van der Waals surface area contributed by atoms with Gasteiger partial charge in [-0.25, -0.2) is 8.42 Å². The first kappa shape index (κ1) is 17.5. The van der Waals surface area contributed by atoms with Crippen molar-refractivity contribution in [3.63, 3.8) is 0 Å². The maximum Gasteiger partial charge on any atom is 0.226 e. The van der Waals surface area contributed by atoms with Crippen LogP contribution in [0.2, 0.25) is 0 Å². The molecule has 0 aromatic carbocycles. The fourth-order valence-corrected chi connectivity index (χ4v) is 3.96. The SMILES string of the molecule is CCS(=O)(=O)CCN1Cc2cccn2CC(C(=O)NCC2CC2)C1. The van der Waals surface area contributed by atoms with Gasteiger partial charge in [0, 0.05) is 50.4 Å². The molecule has 2 heterocycles. The van der Waals surface area contributed by atoms with Gasteiger partial charge in [0.1, 0.15) is 0 Å². The summed E-state index contributed by atoms with van der Waals surface area (Å²) in [6.07, 6.45) is 4.43. The quantitative estimate of drug-likeness (QED) is 0.790. The maximum atomic E-state index is 12.5. The summed E-state index contributed by atoms with van der Waals surface area (Å²) < 4.78 is 25.7. The van der Waals surface area contributed by atoms with Crippen molar-refractivity contribution in [2.75, 3.05) is 31.1 Å². The average molecular weight is 353 g/mol. The summed E-state index contributed by atoms with van der Waals surface area (Å²) in [5.74, 6) is 0.935. The van der Waals surface area contributed by atoms with Crippen molar-refractivity contribution in [3.8, 4) is 0 Å². The van der Waals surface area contributed by atoms with E-state index in [1.54, 1.807) is 6.92 Å². The Bertz CT molecular complexity index is 679. The molecular weight excluding hydrogens is 326 g/mol. The van der Waals surface area contributed by atoms with Gasteiger partial charge in [-0.15, -0.1) is 0 Å². The second-order valence-electron chi connectivity index (χ2n) is 7.01. The lowest BCUT2D eigenvalue weighted by molar-refractivity contribution is -0.126. The molecule has 0 saturated heterocycles. The molecule has 1 aromatic rings. The molecule has 6 nitrogen and oxygen atoms in total. The fourth-order valence-electron chi connectivity index (χ4n) is 3.13. The smallest absolute Gasteiger partial charge is 0.226 e. The van der Waals surface area contributed by atoms with Gasteiger partial charge in [-0.3, -0.25) is 9.69 Å². The first-order chi connectivity index (χ1) is 11.5. The van der Waals surface area contributed by atoms with Crippen molar-refractivity contribution in [3.05, 3.63) is 24.0 Å². The van der Waals surface area contributed by atoms with Gasteiger partial charge >= 0.3 is 0 Å². The summed E-state index contributed by atoms with van der Waals surface area (Å²) in [6, 6.07) is 4.03. The average Bonchev–Trinajstić information content (AvgIpc) is 3.33. The number of hydrogen-bond donors (Lipinski definition) is 1. The van der Waals surface area contributed by atoms with Crippen LogP contribution in [0.3, 0.4) is 0 Å². The van der Waals surface area contributed by atoms with E-state index in [2.05, 4.69) is 14.8 Å². The zero-order valence-corrected chi connectivity index (χ0v) is 15.1. The molecule has 2 aliphatic rings. The lowest BCUT2D eigenvalue weighted by Gasteiger charge is -2.23. The topological polar surface area (TPSA) is 71.4 Å². The molecule has 1 aliphatic heterocycles.